The van der Waals surface area contributed by atoms with Gasteiger partial charge in [-0.1, -0.05) is 48.0 Å². The van der Waals surface area contributed by atoms with E-state index in [4.69, 9.17) is 0 Å². The minimum absolute atomic E-state index is 0.0406. The number of hydrogen-bond acceptors (Lipinski definition) is 3. The minimum Gasteiger partial charge on any atom is -0.357 e. The molecule has 2 N–H and O–H groups in total. The van der Waals surface area contributed by atoms with Crippen molar-refractivity contribution in [2.24, 2.45) is 12.0 Å². The van der Waals surface area contributed by atoms with E-state index < -0.39 is 0 Å². The van der Waals surface area contributed by atoms with Crippen LogP contribution in [0.25, 0.3) is 0 Å². The lowest BCUT2D eigenvalue weighted by atomic mass is 9.84. The predicted molar refractivity (Wildman–Crippen MR) is 101 cm³/mol. The first-order valence-electron chi connectivity index (χ1n) is 8.04. The number of benzene rings is 1. The van der Waals surface area contributed by atoms with Gasteiger partial charge in [0.25, 0.3) is 0 Å². The standard InChI is InChI=1S/C17H25BrN6/c1-5-19-16(20-10-15-22-12-23-24(15)4)21-11-17(2,3)13-8-6-7-9-14(13)18/h6-9,12H,5,10-11H2,1-4H3,(H2,19,20,21). The number of aromatic nitrogens is 3. The quantitative estimate of drug-likeness (QED) is 0.585. The third-order valence-corrected chi connectivity index (χ3v) is 4.52. The lowest BCUT2D eigenvalue weighted by molar-refractivity contribution is 0.506. The van der Waals surface area contributed by atoms with Crippen LogP contribution in [0.1, 0.15) is 32.2 Å². The molecule has 0 atom stereocenters. The van der Waals surface area contributed by atoms with Crippen LogP contribution in [0.15, 0.2) is 40.1 Å². The molecule has 7 heteroatoms. The lowest BCUT2D eigenvalue weighted by Gasteiger charge is -2.27. The summed E-state index contributed by atoms with van der Waals surface area (Å²) >= 11 is 3.64. The molecule has 0 aliphatic heterocycles. The van der Waals surface area contributed by atoms with Crippen molar-refractivity contribution in [2.45, 2.75) is 32.7 Å². The first-order valence-corrected chi connectivity index (χ1v) is 8.83. The van der Waals surface area contributed by atoms with E-state index in [9.17, 15) is 0 Å². The van der Waals surface area contributed by atoms with Crippen molar-refractivity contribution in [1.29, 1.82) is 0 Å². The van der Waals surface area contributed by atoms with E-state index in [-0.39, 0.29) is 5.41 Å². The molecule has 1 aromatic heterocycles. The summed E-state index contributed by atoms with van der Waals surface area (Å²) in [5, 5.41) is 10.8. The SMILES string of the molecule is CCNC(=NCc1ncnn1C)NCC(C)(C)c1ccccc1Br. The molecule has 0 fully saturated rings. The maximum Gasteiger partial charge on any atom is 0.191 e. The van der Waals surface area contributed by atoms with E-state index in [1.54, 1.807) is 11.0 Å². The average molecular weight is 393 g/mol. The average Bonchev–Trinajstić information content (AvgIpc) is 2.95. The van der Waals surface area contributed by atoms with E-state index in [1.165, 1.54) is 5.56 Å². The smallest absolute Gasteiger partial charge is 0.191 e. The first kappa shape index (κ1) is 18.4. The second-order valence-electron chi connectivity index (χ2n) is 6.21. The van der Waals surface area contributed by atoms with Gasteiger partial charge in [0, 0.05) is 30.0 Å². The zero-order chi connectivity index (χ0) is 17.6. The Hall–Kier alpha value is -1.89. The molecular formula is C17H25BrN6. The summed E-state index contributed by atoms with van der Waals surface area (Å²) in [6.07, 6.45) is 1.54. The van der Waals surface area contributed by atoms with Crippen molar-refractivity contribution in [3.05, 3.63) is 46.5 Å². The third-order valence-electron chi connectivity index (χ3n) is 3.83. The molecule has 130 valence electrons. The summed E-state index contributed by atoms with van der Waals surface area (Å²) in [5.41, 5.74) is 1.22. The molecule has 0 unspecified atom stereocenters. The lowest BCUT2D eigenvalue weighted by Crippen LogP contribution is -2.43. The van der Waals surface area contributed by atoms with Crippen LogP contribution in [0.5, 0.6) is 0 Å². The molecule has 0 amide bonds. The summed E-state index contributed by atoms with van der Waals surface area (Å²) < 4.78 is 2.86. The van der Waals surface area contributed by atoms with Crippen molar-refractivity contribution in [3.63, 3.8) is 0 Å². The zero-order valence-corrected chi connectivity index (χ0v) is 16.3. The Morgan fingerprint density at radius 2 is 2.04 bits per heavy atom. The van der Waals surface area contributed by atoms with Gasteiger partial charge >= 0.3 is 0 Å². The number of halogens is 1. The van der Waals surface area contributed by atoms with Crippen molar-refractivity contribution >= 4 is 21.9 Å². The molecule has 0 saturated carbocycles. The molecule has 0 aliphatic rings. The Labute approximate surface area is 151 Å². The number of hydrogen-bond donors (Lipinski definition) is 2. The third kappa shape index (κ3) is 4.80. The van der Waals surface area contributed by atoms with Gasteiger partial charge in [0.1, 0.15) is 18.7 Å². The Morgan fingerprint density at radius 3 is 2.67 bits per heavy atom. The summed E-state index contributed by atoms with van der Waals surface area (Å²) in [5.74, 6) is 1.61. The Balaban J connectivity index is 2.05. The molecule has 0 spiro atoms. The maximum absolute atomic E-state index is 4.60. The van der Waals surface area contributed by atoms with Crippen LogP contribution >= 0.6 is 15.9 Å². The number of nitrogens with one attached hydrogen (secondary N) is 2. The number of nitrogens with zero attached hydrogens (tertiary/aromatic N) is 4. The molecule has 0 saturated heterocycles. The second kappa shape index (κ2) is 8.28. The number of guanidine groups is 1. The Kier molecular flexibility index (Phi) is 6.36. The summed E-state index contributed by atoms with van der Waals surface area (Å²) in [6, 6.07) is 8.32. The van der Waals surface area contributed by atoms with Gasteiger partial charge in [0.05, 0.1) is 0 Å². The van der Waals surface area contributed by atoms with Gasteiger partial charge in [-0.15, -0.1) is 0 Å². The first-order chi connectivity index (χ1) is 11.4. The van der Waals surface area contributed by atoms with Crippen LogP contribution in [-0.2, 0) is 19.0 Å². The monoisotopic (exact) mass is 392 g/mol. The normalized spacial score (nSPS) is 12.3. The van der Waals surface area contributed by atoms with Gasteiger partial charge in [-0.25, -0.2) is 9.98 Å². The van der Waals surface area contributed by atoms with Gasteiger partial charge < -0.3 is 10.6 Å². The van der Waals surface area contributed by atoms with Crippen LogP contribution in [0.3, 0.4) is 0 Å². The molecule has 1 heterocycles. The fourth-order valence-corrected chi connectivity index (χ4v) is 3.19. The highest BCUT2D eigenvalue weighted by Crippen LogP contribution is 2.29. The van der Waals surface area contributed by atoms with E-state index in [0.717, 1.165) is 29.3 Å². The zero-order valence-electron chi connectivity index (χ0n) is 14.7. The highest BCUT2D eigenvalue weighted by Gasteiger charge is 2.23. The fraction of sp³-hybridized carbons (Fsp3) is 0.471. The minimum atomic E-state index is -0.0406. The van der Waals surface area contributed by atoms with Crippen LogP contribution in [0.2, 0.25) is 0 Å². The second-order valence-corrected chi connectivity index (χ2v) is 7.07. The van der Waals surface area contributed by atoms with Crippen molar-refractivity contribution in [1.82, 2.24) is 25.4 Å². The molecule has 2 aromatic rings. The van der Waals surface area contributed by atoms with E-state index >= 15 is 0 Å². The Morgan fingerprint density at radius 1 is 1.29 bits per heavy atom. The molecule has 24 heavy (non-hydrogen) atoms. The van der Waals surface area contributed by atoms with Crippen molar-refractivity contribution in [3.8, 4) is 0 Å². The van der Waals surface area contributed by atoms with Gasteiger partial charge in [0.15, 0.2) is 5.96 Å². The summed E-state index contributed by atoms with van der Waals surface area (Å²) in [6.45, 7) is 8.54. The largest absolute Gasteiger partial charge is 0.357 e. The highest BCUT2D eigenvalue weighted by atomic mass is 79.9. The topological polar surface area (TPSA) is 67.1 Å². The van der Waals surface area contributed by atoms with Gasteiger partial charge in [0.2, 0.25) is 0 Å². The van der Waals surface area contributed by atoms with Crippen LogP contribution < -0.4 is 10.6 Å². The predicted octanol–water partition coefficient (Wildman–Crippen LogP) is 2.61. The maximum atomic E-state index is 4.60. The van der Waals surface area contributed by atoms with Crippen molar-refractivity contribution < 1.29 is 0 Å². The number of aliphatic imine (C=N–C) groups is 1. The van der Waals surface area contributed by atoms with E-state index in [1.807, 2.05) is 13.1 Å². The van der Waals surface area contributed by atoms with Crippen molar-refractivity contribution in [2.75, 3.05) is 13.1 Å². The van der Waals surface area contributed by atoms with Gasteiger partial charge in [-0.3, -0.25) is 4.68 Å². The molecular weight excluding hydrogens is 368 g/mol. The van der Waals surface area contributed by atoms with Crippen LogP contribution in [-0.4, -0.2) is 33.8 Å². The number of aryl methyl sites for hydroxylation is 1. The van der Waals surface area contributed by atoms with Gasteiger partial charge in [-0.05, 0) is 18.6 Å². The Bertz CT molecular complexity index is 692. The molecule has 0 radical (unpaired) electrons. The van der Waals surface area contributed by atoms with Gasteiger partial charge in [-0.2, -0.15) is 5.10 Å². The molecule has 6 nitrogen and oxygen atoms in total. The fourth-order valence-electron chi connectivity index (χ4n) is 2.36. The molecule has 0 bridgehead atoms. The molecule has 1 aromatic carbocycles. The molecule has 2 rings (SSSR count). The number of rotatable bonds is 6. The van der Waals surface area contributed by atoms with Crippen LogP contribution in [0, 0.1) is 0 Å². The summed E-state index contributed by atoms with van der Waals surface area (Å²) in [7, 11) is 1.87. The van der Waals surface area contributed by atoms with E-state index in [0.29, 0.717) is 6.54 Å². The van der Waals surface area contributed by atoms with Crippen LogP contribution in [0.4, 0.5) is 0 Å². The highest BCUT2D eigenvalue weighted by molar-refractivity contribution is 9.10. The molecule has 0 aliphatic carbocycles. The summed E-state index contributed by atoms with van der Waals surface area (Å²) in [4.78, 5) is 8.79. The van der Waals surface area contributed by atoms with E-state index in [2.05, 4.69) is 80.6 Å².